The minimum Gasteiger partial charge on any atom is -0.494 e. The summed E-state index contributed by atoms with van der Waals surface area (Å²) in [6, 6.07) is 5.36. The Balaban J connectivity index is 2.58. The molecule has 19 heavy (non-hydrogen) atoms. The lowest BCUT2D eigenvalue weighted by atomic mass is 9.89. The Bertz CT molecular complexity index is 381. The molecule has 108 valence electrons. The van der Waals surface area contributed by atoms with Crippen LogP contribution in [0, 0.1) is 17.7 Å². The summed E-state index contributed by atoms with van der Waals surface area (Å²) in [5, 5.41) is 3.42. The summed E-state index contributed by atoms with van der Waals surface area (Å²) in [4.78, 5) is 0. The van der Waals surface area contributed by atoms with E-state index < -0.39 is 0 Å². The van der Waals surface area contributed by atoms with Crippen molar-refractivity contribution in [2.45, 2.75) is 33.6 Å². The number of methoxy groups -OCH3 is 1. The molecule has 2 unspecified atom stereocenters. The molecule has 0 aliphatic rings. The van der Waals surface area contributed by atoms with E-state index in [1.807, 2.05) is 12.1 Å². The van der Waals surface area contributed by atoms with Crippen molar-refractivity contribution in [2.75, 3.05) is 20.2 Å². The van der Waals surface area contributed by atoms with Gasteiger partial charge < -0.3 is 10.1 Å². The van der Waals surface area contributed by atoms with E-state index in [2.05, 4.69) is 26.1 Å². The van der Waals surface area contributed by atoms with Gasteiger partial charge in [0, 0.05) is 0 Å². The molecular weight excluding hydrogens is 241 g/mol. The third-order valence-electron chi connectivity index (χ3n) is 3.67. The van der Waals surface area contributed by atoms with Crippen molar-refractivity contribution in [1.29, 1.82) is 0 Å². The number of hydrogen-bond donors (Lipinski definition) is 1. The van der Waals surface area contributed by atoms with Gasteiger partial charge in [-0.2, -0.15) is 0 Å². The second kappa shape index (κ2) is 8.16. The second-order valence-corrected chi connectivity index (χ2v) is 5.30. The number of nitrogens with one attached hydrogen (secondary N) is 1. The summed E-state index contributed by atoms with van der Waals surface area (Å²) >= 11 is 0. The molecule has 0 spiro atoms. The van der Waals surface area contributed by atoms with Crippen LogP contribution < -0.4 is 10.1 Å². The van der Waals surface area contributed by atoms with Crippen LogP contribution in [-0.4, -0.2) is 20.2 Å². The summed E-state index contributed by atoms with van der Waals surface area (Å²) in [6.45, 7) is 8.58. The van der Waals surface area contributed by atoms with Crippen molar-refractivity contribution in [3.05, 3.63) is 29.6 Å². The normalized spacial score (nSPS) is 14.2. The molecule has 1 N–H and O–H groups in total. The number of rotatable bonds is 8. The molecule has 0 aromatic heterocycles. The highest BCUT2D eigenvalue weighted by atomic mass is 19.1. The van der Waals surface area contributed by atoms with Gasteiger partial charge in [0.25, 0.3) is 0 Å². The van der Waals surface area contributed by atoms with Crippen molar-refractivity contribution in [2.24, 2.45) is 11.8 Å². The zero-order valence-corrected chi connectivity index (χ0v) is 12.5. The molecule has 0 fully saturated rings. The molecule has 3 heteroatoms. The quantitative estimate of drug-likeness (QED) is 0.726. The molecule has 1 aromatic carbocycles. The molecule has 0 radical (unpaired) electrons. The highest BCUT2D eigenvalue weighted by molar-refractivity contribution is 5.31. The fourth-order valence-corrected chi connectivity index (χ4v) is 2.13. The van der Waals surface area contributed by atoms with Crippen molar-refractivity contribution in [3.8, 4) is 5.75 Å². The first-order valence-corrected chi connectivity index (χ1v) is 7.12. The van der Waals surface area contributed by atoms with E-state index in [0.717, 1.165) is 31.5 Å². The summed E-state index contributed by atoms with van der Waals surface area (Å²) < 4.78 is 19.1. The van der Waals surface area contributed by atoms with Crippen molar-refractivity contribution < 1.29 is 9.13 Å². The van der Waals surface area contributed by atoms with E-state index in [9.17, 15) is 4.39 Å². The van der Waals surface area contributed by atoms with Gasteiger partial charge >= 0.3 is 0 Å². The van der Waals surface area contributed by atoms with Gasteiger partial charge in [0.15, 0.2) is 11.6 Å². The van der Waals surface area contributed by atoms with Crippen molar-refractivity contribution in [3.63, 3.8) is 0 Å². The molecule has 1 aromatic rings. The minimum absolute atomic E-state index is 0.217. The van der Waals surface area contributed by atoms with Crippen LogP contribution in [0.2, 0.25) is 0 Å². The standard InChI is InChI=1S/C16H26FNO/c1-5-9-18-11-13(3)12(2)10-14-7-6-8-15(19-4)16(14)17/h6-8,12-13,18H,5,9-11H2,1-4H3. The molecule has 0 aliphatic carbocycles. The fraction of sp³-hybridized carbons (Fsp3) is 0.625. The van der Waals surface area contributed by atoms with E-state index in [4.69, 9.17) is 4.74 Å². The lowest BCUT2D eigenvalue weighted by Crippen LogP contribution is -2.26. The smallest absolute Gasteiger partial charge is 0.168 e. The van der Waals surface area contributed by atoms with Gasteiger partial charge in [-0.05, 0) is 49.4 Å². The van der Waals surface area contributed by atoms with E-state index in [0.29, 0.717) is 17.6 Å². The van der Waals surface area contributed by atoms with E-state index in [-0.39, 0.29) is 5.82 Å². The molecule has 0 bridgehead atoms. The monoisotopic (exact) mass is 267 g/mol. The Labute approximate surface area is 116 Å². The van der Waals surface area contributed by atoms with Crippen molar-refractivity contribution >= 4 is 0 Å². The molecule has 2 atom stereocenters. The van der Waals surface area contributed by atoms with Crippen LogP contribution in [0.1, 0.15) is 32.8 Å². The molecule has 0 amide bonds. The third-order valence-corrected chi connectivity index (χ3v) is 3.67. The first-order valence-electron chi connectivity index (χ1n) is 7.12. The van der Waals surface area contributed by atoms with Gasteiger partial charge in [-0.25, -0.2) is 4.39 Å². The van der Waals surface area contributed by atoms with Crippen LogP contribution in [0.4, 0.5) is 4.39 Å². The van der Waals surface area contributed by atoms with Crippen LogP contribution in [0.5, 0.6) is 5.75 Å². The second-order valence-electron chi connectivity index (χ2n) is 5.30. The maximum Gasteiger partial charge on any atom is 0.168 e. The molecule has 0 heterocycles. The Hall–Kier alpha value is -1.09. The van der Waals surface area contributed by atoms with Crippen molar-refractivity contribution in [1.82, 2.24) is 5.32 Å². The lowest BCUT2D eigenvalue weighted by Gasteiger charge is -2.21. The van der Waals surface area contributed by atoms with Gasteiger partial charge in [0.1, 0.15) is 0 Å². The van der Waals surface area contributed by atoms with Gasteiger partial charge in [-0.1, -0.05) is 32.9 Å². The molecule has 2 nitrogen and oxygen atoms in total. The van der Waals surface area contributed by atoms with Crippen LogP contribution >= 0.6 is 0 Å². The summed E-state index contributed by atoms with van der Waals surface area (Å²) in [5.74, 6) is 1.08. The highest BCUT2D eigenvalue weighted by Crippen LogP contribution is 2.24. The molecule has 0 saturated carbocycles. The van der Waals surface area contributed by atoms with Gasteiger partial charge in [-0.15, -0.1) is 0 Å². The fourth-order valence-electron chi connectivity index (χ4n) is 2.13. The molecule has 0 saturated heterocycles. The predicted octanol–water partition coefficient (Wildman–Crippen LogP) is 3.65. The average Bonchev–Trinajstić information content (AvgIpc) is 2.41. The zero-order valence-electron chi connectivity index (χ0n) is 12.5. The Morgan fingerprint density at radius 1 is 1.26 bits per heavy atom. The first kappa shape index (κ1) is 16.0. The Kier molecular flexibility index (Phi) is 6.85. The van der Waals surface area contributed by atoms with Crippen LogP contribution in [0.15, 0.2) is 18.2 Å². The number of hydrogen-bond acceptors (Lipinski definition) is 2. The SMILES string of the molecule is CCCNCC(C)C(C)Cc1cccc(OC)c1F. The maximum absolute atomic E-state index is 14.1. The molecule has 0 aliphatic heterocycles. The topological polar surface area (TPSA) is 21.3 Å². The average molecular weight is 267 g/mol. The Morgan fingerprint density at radius 2 is 2.00 bits per heavy atom. The summed E-state index contributed by atoms with van der Waals surface area (Å²) in [6.07, 6.45) is 1.89. The van der Waals surface area contributed by atoms with Gasteiger partial charge in [0.05, 0.1) is 7.11 Å². The van der Waals surface area contributed by atoms with Crippen LogP contribution in [-0.2, 0) is 6.42 Å². The summed E-state index contributed by atoms with van der Waals surface area (Å²) in [7, 11) is 1.50. The number of benzene rings is 1. The molecule has 1 rings (SSSR count). The van der Waals surface area contributed by atoms with Gasteiger partial charge in [0.2, 0.25) is 0 Å². The molecular formula is C16H26FNO. The minimum atomic E-state index is -0.217. The largest absolute Gasteiger partial charge is 0.494 e. The van der Waals surface area contributed by atoms with Crippen LogP contribution in [0.25, 0.3) is 0 Å². The van der Waals surface area contributed by atoms with E-state index >= 15 is 0 Å². The lowest BCUT2D eigenvalue weighted by molar-refractivity contribution is 0.354. The highest BCUT2D eigenvalue weighted by Gasteiger charge is 2.16. The number of ether oxygens (including phenoxy) is 1. The number of halogens is 1. The zero-order chi connectivity index (χ0) is 14.3. The third kappa shape index (κ3) is 4.83. The summed E-state index contributed by atoms with van der Waals surface area (Å²) in [5.41, 5.74) is 0.745. The maximum atomic E-state index is 14.1. The Morgan fingerprint density at radius 3 is 2.63 bits per heavy atom. The van der Waals surface area contributed by atoms with E-state index in [1.54, 1.807) is 6.07 Å². The predicted molar refractivity (Wildman–Crippen MR) is 78.1 cm³/mol. The van der Waals surface area contributed by atoms with E-state index in [1.165, 1.54) is 7.11 Å². The first-order chi connectivity index (χ1) is 9.10. The van der Waals surface area contributed by atoms with Crippen LogP contribution in [0.3, 0.4) is 0 Å². The van der Waals surface area contributed by atoms with Gasteiger partial charge in [-0.3, -0.25) is 0 Å².